The maximum absolute atomic E-state index is 6.16. The molecule has 208 valence electrons. The van der Waals surface area contributed by atoms with Crippen molar-refractivity contribution in [3.8, 4) is 33.4 Å². The van der Waals surface area contributed by atoms with Gasteiger partial charge in [0.15, 0.2) is 0 Å². The lowest BCUT2D eigenvalue weighted by molar-refractivity contribution is 0.669. The number of hydrogen-bond acceptors (Lipinski definition) is 2. The molecule has 0 saturated heterocycles. The van der Waals surface area contributed by atoms with Gasteiger partial charge in [-0.05, 0) is 81.9 Å². The quantitative estimate of drug-likeness (QED) is 0.200. The molecule has 2 nitrogen and oxygen atoms in total. The maximum atomic E-state index is 6.16. The van der Waals surface area contributed by atoms with Crippen molar-refractivity contribution in [3.63, 3.8) is 0 Å². The fourth-order valence-corrected chi connectivity index (χ4v) is 6.04. The average Bonchev–Trinajstić information content (AvgIpc) is 3.48. The van der Waals surface area contributed by atoms with Crippen LogP contribution in [0.5, 0.6) is 0 Å². The Kier molecular flexibility index (Phi) is 6.51. The summed E-state index contributed by atoms with van der Waals surface area (Å²) in [6.07, 6.45) is 0. The minimum Gasteiger partial charge on any atom is -0.456 e. The summed E-state index contributed by atoms with van der Waals surface area (Å²) in [5, 5.41) is 2.23. The molecule has 0 spiro atoms. The summed E-state index contributed by atoms with van der Waals surface area (Å²) in [4.78, 5) is 2.33. The van der Waals surface area contributed by atoms with Gasteiger partial charge in [-0.3, -0.25) is 0 Å². The number of benzene rings is 7. The van der Waals surface area contributed by atoms with Gasteiger partial charge in [0.25, 0.3) is 0 Å². The fraction of sp³-hybridized carbons (Fsp3) is 0. The van der Waals surface area contributed by atoms with Gasteiger partial charge in [0.2, 0.25) is 0 Å². The lowest BCUT2D eigenvalue weighted by atomic mass is 10.00. The van der Waals surface area contributed by atoms with Crippen LogP contribution in [0.15, 0.2) is 180 Å². The maximum Gasteiger partial charge on any atom is 0.135 e. The van der Waals surface area contributed by atoms with Crippen molar-refractivity contribution >= 4 is 39.0 Å². The van der Waals surface area contributed by atoms with Crippen LogP contribution >= 0.6 is 0 Å². The molecule has 0 atom stereocenters. The minimum absolute atomic E-state index is 0.891. The Labute approximate surface area is 257 Å². The van der Waals surface area contributed by atoms with Gasteiger partial charge in [-0.25, -0.2) is 0 Å². The predicted octanol–water partition coefficient (Wildman–Crippen LogP) is 12.1. The summed E-state index contributed by atoms with van der Waals surface area (Å²) in [5.74, 6) is 0. The summed E-state index contributed by atoms with van der Waals surface area (Å²) in [5.41, 5.74) is 12.3. The zero-order valence-corrected chi connectivity index (χ0v) is 24.1. The number of anilines is 3. The Bertz CT molecular complexity index is 2200. The van der Waals surface area contributed by atoms with Gasteiger partial charge >= 0.3 is 0 Å². The number of nitrogens with zero attached hydrogens (tertiary/aromatic N) is 1. The number of rotatable bonds is 6. The van der Waals surface area contributed by atoms with E-state index in [0.29, 0.717) is 0 Å². The van der Waals surface area contributed by atoms with Crippen LogP contribution in [0.2, 0.25) is 0 Å². The van der Waals surface area contributed by atoms with E-state index in [4.69, 9.17) is 4.42 Å². The highest BCUT2D eigenvalue weighted by Gasteiger charge is 2.16. The third-order valence-corrected chi connectivity index (χ3v) is 8.28. The second-order valence-electron chi connectivity index (χ2n) is 11.0. The largest absolute Gasteiger partial charge is 0.456 e. The molecule has 0 unspecified atom stereocenters. The lowest BCUT2D eigenvalue weighted by Gasteiger charge is -2.26. The molecule has 0 aliphatic heterocycles. The first-order chi connectivity index (χ1) is 21.8. The van der Waals surface area contributed by atoms with Crippen LogP contribution in [0.4, 0.5) is 17.1 Å². The fourth-order valence-electron chi connectivity index (χ4n) is 6.04. The van der Waals surface area contributed by atoms with E-state index in [0.717, 1.165) is 39.0 Å². The molecule has 1 heterocycles. The molecule has 44 heavy (non-hydrogen) atoms. The van der Waals surface area contributed by atoms with Gasteiger partial charge in [-0.2, -0.15) is 0 Å². The molecule has 0 N–H and O–H groups in total. The van der Waals surface area contributed by atoms with Gasteiger partial charge in [0, 0.05) is 27.8 Å². The van der Waals surface area contributed by atoms with Crippen LogP contribution in [0.25, 0.3) is 55.3 Å². The smallest absolute Gasteiger partial charge is 0.135 e. The van der Waals surface area contributed by atoms with Crippen molar-refractivity contribution in [2.24, 2.45) is 0 Å². The first-order valence-electron chi connectivity index (χ1n) is 14.9. The van der Waals surface area contributed by atoms with E-state index in [-0.39, 0.29) is 0 Å². The van der Waals surface area contributed by atoms with E-state index in [2.05, 4.69) is 169 Å². The van der Waals surface area contributed by atoms with Crippen LogP contribution in [0.3, 0.4) is 0 Å². The molecule has 8 rings (SSSR count). The molecule has 2 heteroatoms. The molecule has 0 amide bonds. The Morgan fingerprint density at radius 3 is 1.45 bits per heavy atom. The molecule has 8 aromatic rings. The highest BCUT2D eigenvalue weighted by atomic mass is 16.3. The summed E-state index contributed by atoms with van der Waals surface area (Å²) in [7, 11) is 0. The monoisotopic (exact) mass is 563 g/mol. The summed E-state index contributed by atoms with van der Waals surface area (Å²) >= 11 is 0. The molecule has 0 aliphatic carbocycles. The third kappa shape index (κ3) is 4.83. The second kappa shape index (κ2) is 11.1. The topological polar surface area (TPSA) is 16.4 Å². The SMILES string of the molecule is c1ccc(-c2ccc(-c3ccc(N(c4cccc(-c5ccccc5)c4)c4ccc5oc6ccccc6c5c4)cc3)cc2)cc1. The molecule has 0 radical (unpaired) electrons. The van der Waals surface area contributed by atoms with Crippen molar-refractivity contribution in [2.45, 2.75) is 0 Å². The summed E-state index contributed by atoms with van der Waals surface area (Å²) in [6.45, 7) is 0. The standard InChI is InChI=1S/C42H29NO/c1-3-10-30(11-4-1)32-18-20-33(21-19-32)34-22-24-36(25-23-34)43(37-15-9-14-35(28-37)31-12-5-2-6-13-31)38-26-27-42-40(29-38)39-16-7-8-17-41(39)44-42/h1-29H. The number of fused-ring (bicyclic) bond motifs is 3. The molecule has 0 aliphatic rings. The van der Waals surface area contributed by atoms with E-state index < -0.39 is 0 Å². The van der Waals surface area contributed by atoms with Gasteiger partial charge in [0.05, 0.1) is 0 Å². The molecule has 7 aromatic carbocycles. The van der Waals surface area contributed by atoms with E-state index in [1.807, 2.05) is 12.1 Å². The zero-order valence-electron chi connectivity index (χ0n) is 24.1. The first-order valence-corrected chi connectivity index (χ1v) is 14.9. The predicted molar refractivity (Wildman–Crippen MR) is 185 cm³/mol. The van der Waals surface area contributed by atoms with Crippen LogP contribution in [0.1, 0.15) is 0 Å². The van der Waals surface area contributed by atoms with Crippen molar-refractivity contribution in [2.75, 3.05) is 4.90 Å². The van der Waals surface area contributed by atoms with Crippen molar-refractivity contribution in [1.82, 2.24) is 0 Å². The Morgan fingerprint density at radius 2 is 0.773 bits per heavy atom. The van der Waals surface area contributed by atoms with E-state index in [9.17, 15) is 0 Å². The lowest BCUT2D eigenvalue weighted by Crippen LogP contribution is -2.10. The van der Waals surface area contributed by atoms with Crippen LogP contribution < -0.4 is 4.90 Å². The zero-order chi connectivity index (χ0) is 29.3. The Balaban J connectivity index is 1.21. The van der Waals surface area contributed by atoms with E-state index in [1.54, 1.807) is 0 Å². The molecule has 0 bridgehead atoms. The van der Waals surface area contributed by atoms with Gasteiger partial charge < -0.3 is 9.32 Å². The summed E-state index contributed by atoms with van der Waals surface area (Å²) in [6, 6.07) is 62.2. The van der Waals surface area contributed by atoms with Crippen LogP contribution in [-0.4, -0.2) is 0 Å². The molecule has 1 aromatic heterocycles. The normalized spacial score (nSPS) is 11.2. The van der Waals surface area contributed by atoms with Crippen LogP contribution in [0, 0.1) is 0 Å². The number of hydrogen-bond donors (Lipinski definition) is 0. The first kappa shape index (κ1) is 25.8. The number of furan rings is 1. The van der Waals surface area contributed by atoms with E-state index in [1.165, 1.54) is 33.4 Å². The second-order valence-corrected chi connectivity index (χ2v) is 11.0. The van der Waals surface area contributed by atoms with Gasteiger partial charge in [-0.1, -0.05) is 127 Å². The number of para-hydroxylation sites is 1. The van der Waals surface area contributed by atoms with Crippen LogP contribution in [-0.2, 0) is 0 Å². The van der Waals surface area contributed by atoms with Gasteiger partial charge in [-0.15, -0.1) is 0 Å². The molecular weight excluding hydrogens is 534 g/mol. The van der Waals surface area contributed by atoms with Crippen molar-refractivity contribution in [1.29, 1.82) is 0 Å². The third-order valence-electron chi connectivity index (χ3n) is 8.28. The molecule has 0 fully saturated rings. The Morgan fingerprint density at radius 1 is 0.295 bits per heavy atom. The molecular formula is C42H29NO. The van der Waals surface area contributed by atoms with Crippen molar-refractivity contribution in [3.05, 3.63) is 176 Å². The highest BCUT2D eigenvalue weighted by molar-refractivity contribution is 6.06. The Hall–Kier alpha value is -5.86. The van der Waals surface area contributed by atoms with Gasteiger partial charge in [0.1, 0.15) is 11.2 Å². The van der Waals surface area contributed by atoms with Crippen molar-refractivity contribution < 1.29 is 4.42 Å². The highest BCUT2D eigenvalue weighted by Crippen LogP contribution is 2.40. The minimum atomic E-state index is 0.891. The average molecular weight is 564 g/mol. The summed E-state index contributed by atoms with van der Waals surface area (Å²) < 4.78 is 6.16. The molecule has 0 saturated carbocycles. The van der Waals surface area contributed by atoms with E-state index >= 15 is 0 Å².